The molecule has 0 atom stereocenters. The zero-order chi connectivity index (χ0) is 8.57. The van der Waals surface area contributed by atoms with Gasteiger partial charge in [-0.25, -0.2) is 0 Å². The predicted molar refractivity (Wildman–Crippen MR) is 49.0 cm³/mol. The van der Waals surface area contributed by atoms with Gasteiger partial charge in [0, 0.05) is 0 Å². The fraction of sp³-hybridized carbons (Fsp3) is 1.00. The third-order valence-corrected chi connectivity index (χ3v) is 1.62. The molecule has 0 unspecified atom stereocenters. The zero-order valence-corrected chi connectivity index (χ0v) is 8.15. The van der Waals surface area contributed by atoms with Gasteiger partial charge in [-0.15, -0.1) is 0 Å². The van der Waals surface area contributed by atoms with Crippen LogP contribution in [-0.2, 0) is 0 Å². The average molecular weight is 145 g/mol. The summed E-state index contributed by atoms with van der Waals surface area (Å²) in [5.41, 5.74) is 5.03. The van der Waals surface area contributed by atoms with Crippen LogP contribution in [0.25, 0.3) is 0 Å². The average Bonchev–Trinajstić information content (AvgIpc) is 1.89. The largest absolute Gasteiger partial charge is 0.330 e. The summed E-state index contributed by atoms with van der Waals surface area (Å²) in [5, 5.41) is 0. The Morgan fingerprint density at radius 1 is 1.00 bits per heavy atom. The van der Waals surface area contributed by atoms with Gasteiger partial charge in [0.15, 0.2) is 0 Å². The van der Waals surface area contributed by atoms with E-state index in [-0.39, 0.29) is 0 Å². The van der Waals surface area contributed by atoms with E-state index < -0.39 is 0 Å². The third-order valence-electron chi connectivity index (χ3n) is 1.62. The SMILES string of the molecule is CC(C)C(C)C.CCCN. The van der Waals surface area contributed by atoms with Crippen LogP contribution in [-0.4, -0.2) is 6.54 Å². The van der Waals surface area contributed by atoms with Crippen molar-refractivity contribution >= 4 is 0 Å². The molecule has 0 radical (unpaired) electrons. The van der Waals surface area contributed by atoms with Gasteiger partial charge in [0.25, 0.3) is 0 Å². The fourth-order valence-corrected chi connectivity index (χ4v) is 0. The molecule has 0 bridgehead atoms. The summed E-state index contributed by atoms with van der Waals surface area (Å²) in [6, 6.07) is 0. The Morgan fingerprint density at radius 2 is 1.20 bits per heavy atom. The Morgan fingerprint density at radius 3 is 1.20 bits per heavy atom. The van der Waals surface area contributed by atoms with Crippen LogP contribution in [0.4, 0.5) is 0 Å². The lowest BCUT2D eigenvalue weighted by atomic mass is 10.0. The fourth-order valence-electron chi connectivity index (χ4n) is 0. The molecule has 0 aliphatic rings. The van der Waals surface area contributed by atoms with Crippen molar-refractivity contribution in [2.24, 2.45) is 17.6 Å². The Bertz CT molecular complexity index is 40.7. The van der Waals surface area contributed by atoms with Crippen LogP contribution in [0.3, 0.4) is 0 Å². The van der Waals surface area contributed by atoms with Crippen molar-refractivity contribution in [2.75, 3.05) is 6.54 Å². The highest BCUT2D eigenvalue weighted by Crippen LogP contribution is 2.05. The van der Waals surface area contributed by atoms with E-state index in [2.05, 4.69) is 34.6 Å². The number of rotatable bonds is 2. The van der Waals surface area contributed by atoms with E-state index >= 15 is 0 Å². The maximum atomic E-state index is 5.03. The highest BCUT2D eigenvalue weighted by atomic mass is 14.5. The monoisotopic (exact) mass is 145 g/mol. The molecule has 2 N–H and O–H groups in total. The quantitative estimate of drug-likeness (QED) is 0.635. The van der Waals surface area contributed by atoms with Crippen LogP contribution in [0.2, 0.25) is 0 Å². The van der Waals surface area contributed by atoms with Crippen molar-refractivity contribution in [1.82, 2.24) is 0 Å². The molecule has 0 aromatic carbocycles. The molecule has 10 heavy (non-hydrogen) atoms. The summed E-state index contributed by atoms with van der Waals surface area (Å²) in [4.78, 5) is 0. The van der Waals surface area contributed by atoms with Gasteiger partial charge < -0.3 is 5.73 Å². The molecule has 0 aromatic rings. The van der Waals surface area contributed by atoms with Crippen molar-refractivity contribution in [3.8, 4) is 0 Å². The van der Waals surface area contributed by atoms with Gasteiger partial charge in [0.1, 0.15) is 0 Å². The van der Waals surface area contributed by atoms with Crippen LogP contribution in [0.1, 0.15) is 41.0 Å². The Hall–Kier alpha value is -0.0400. The van der Waals surface area contributed by atoms with Crippen molar-refractivity contribution in [1.29, 1.82) is 0 Å². The first-order valence-corrected chi connectivity index (χ1v) is 4.26. The second kappa shape index (κ2) is 8.96. The van der Waals surface area contributed by atoms with E-state index in [1.165, 1.54) is 0 Å². The lowest BCUT2D eigenvalue weighted by Crippen LogP contribution is -1.95. The Kier molecular flexibility index (Phi) is 11.3. The van der Waals surface area contributed by atoms with Crippen LogP contribution >= 0.6 is 0 Å². The van der Waals surface area contributed by atoms with Gasteiger partial charge in [-0.05, 0) is 24.8 Å². The molecule has 0 saturated carbocycles. The molecule has 0 fully saturated rings. The minimum absolute atomic E-state index is 0.819. The molecular formula is C9H23N. The van der Waals surface area contributed by atoms with Gasteiger partial charge in [0.05, 0.1) is 0 Å². The molecule has 0 aromatic heterocycles. The standard InChI is InChI=1S/C6H14.C3H9N/c1-5(2)6(3)4;1-2-3-4/h5-6H,1-4H3;2-4H2,1H3. The number of hydrogen-bond donors (Lipinski definition) is 1. The van der Waals surface area contributed by atoms with Crippen molar-refractivity contribution in [3.05, 3.63) is 0 Å². The number of hydrogen-bond acceptors (Lipinski definition) is 1. The van der Waals surface area contributed by atoms with Crippen LogP contribution in [0.5, 0.6) is 0 Å². The van der Waals surface area contributed by atoms with Gasteiger partial charge in [-0.1, -0.05) is 34.6 Å². The summed E-state index contributed by atoms with van der Waals surface area (Å²) < 4.78 is 0. The van der Waals surface area contributed by atoms with Gasteiger partial charge >= 0.3 is 0 Å². The smallest absolute Gasteiger partial charge is 0.00799 e. The molecule has 0 amide bonds. The van der Waals surface area contributed by atoms with Gasteiger partial charge in [-0.2, -0.15) is 0 Å². The maximum Gasteiger partial charge on any atom is -0.00799 e. The second-order valence-corrected chi connectivity index (χ2v) is 3.28. The highest BCUT2D eigenvalue weighted by molar-refractivity contribution is 4.46. The minimum Gasteiger partial charge on any atom is -0.330 e. The van der Waals surface area contributed by atoms with Crippen molar-refractivity contribution < 1.29 is 0 Å². The van der Waals surface area contributed by atoms with E-state index in [0.29, 0.717) is 0 Å². The highest BCUT2D eigenvalue weighted by Gasteiger charge is 1.95. The topological polar surface area (TPSA) is 26.0 Å². The van der Waals surface area contributed by atoms with E-state index in [0.717, 1.165) is 24.8 Å². The first-order chi connectivity index (χ1) is 4.56. The summed E-state index contributed by atoms with van der Waals surface area (Å²) in [6.07, 6.45) is 1.10. The van der Waals surface area contributed by atoms with Crippen LogP contribution in [0, 0.1) is 11.8 Å². The molecule has 64 valence electrons. The first-order valence-electron chi connectivity index (χ1n) is 4.26. The Balaban J connectivity index is 0. The van der Waals surface area contributed by atoms with Gasteiger partial charge in [0.2, 0.25) is 0 Å². The van der Waals surface area contributed by atoms with E-state index in [1.807, 2.05) is 0 Å². The molecule has 0 spiro atoms. The van der Waals surface area contributed by atoms with E-state index in [1.54, 1.807) is 0 Å². The van der Waals surface area contributed by atoms with Crippen LogP contribution < -0.4 is 5.73 Å². The summed E-state index contributed by atoms with van der Waals surface area (Å²) in [6.45, 7) is 11.8. The molecule has 0 heterocycles. The molecule has 1 heteroatoms. The second-order valence-electron chi connectivity index (χ2n) is 3.28. The van der Waals surface area contributed by atoms with Crippen molar-refractivity contribution in [2.45, 2.75) is 41.0 Å². The maximum absolute atomic E-state index is 5.03. The first kappa shape index (κ1) is 12.6. The Labute approximate surface area is 66.0 Å². The lowest BCUT2D eigenvalue weighted by molar-refractivity contribution is 0.457. The lowest BCUT2D eigenvalue weighted by Gasteiger charge is -2.05. The molecule has 0 aliphatic heterocycles. The van der Waals surface area contributed by atoms with E-state index in [9.17, 15) is 0 Å². The summed E-state index contributed by atoms with van der Waals surface area (Å²) in [7, 11) is 0. The molecular weight excluding hydrogens is 122 g/mol. The zero-order valence-electron chi connectivity index (χ0n) is 8.15. The van der Waals surface area contributed by atoms with Crippen molar-refractivity contribution in [3.63, 3.8) is 0 Å². The molecule has 0 aliphatic carbocycles. The molecule has 1 nitrogen and oxygen atoms in total. The molecule has 0 rings (SSSR count). The predicted octanol–water partition coefficient (Wildman–Crippen LogP) is 2.65. The van der Waals surface area contributed by atoms with E-state index in [4.69, 9.17) is 5.73 Å². The normalized spacial score (nSPS) is 9.60. The molecule has 0 saturated heterocycles. The van der Waals surface area contributed by atoms with Crippen LogP contribution in [0.15, 0.2) is 0 Å². The minimum atomic E-state index is 0.819. The summed E-state index contributed by atoms with van der Waals surface area (Å²) >= 11 is 0. The third kappa shape index (κ3) is 15.7. The van der Waals surface area contributed by atoms with Gasteiger partial charge in [-0.3, -0.25) is 0 Å². The summed E-state index contributed by atoms with van der Waals surface area (Å²) in [5.74, 6) is 1.70. The number of nitrogens with two attached hydrogens (primary N) is 1.